The largest absolute Gasteiger partial charge is 0.393 e. The molecule has 1 saturated heterocycles. The number of likely N-dealkylation sites (tertiary alicyclic amines) is 1. The number of nitrogens with zero attached hydrogens (tertiary/aromatic N) is 1. The van der Waals surface area contributed by atoms with E-state index in [-0.39, 0.29) is 40.9 Å². The molecule has 4 aliphatic carbocycles. The maximum Gasteiger partial charge on any atom is 0.220 e. The molecule has 4 saturated carbocycles. The van der Waals surface area contributed by atoms with Crippen LogP contribution in [0, 0.1) is 46.3 Å². The van der Waals surface area contributed by atoms with Crippen LogP contribution in [0.3, 0.4) is 0 Å². The van der Waals surface area contributed by atoms with Gasteiger partial charge in [-0.2, -0.15) is 0 Å². The number of aliphatic hydroxyl groups is 3. The van der Waals surface area contributed by atoms with Crippen LogP contribution in [0.25, 0.3) is 6.08 Å². The van der Waals surface area contributed by atoms with Gasteiger partial charge in [-0.3, -0.25) is 9.28 Å². The summed E-state index contributed by atoms with van der Waals surface area (Å²) in [5.74, 6) is 2.01. The Bertz CT molecular complexity index is 1490. The number of hydrogen-bond acceptors (Lipinski definition) is 4. The maximum absolute atomic E-state index is 13.4. The minimum absolute atomic E-state index is 0.0863. The van der Waals surface area contributed by atoms with Gasteiger partial charge in [0.15, 0.2) is 0 Å². The van der Waals surface area contributed by atoms with Crippen molar-refractivity contribution in [3.05, 3.63) is 72.3 Å². The second-order valence-corrected chi connectivity index (χ2v) is 17.9. The molecule has 0 unspecified atom stereocenters. The van der Waals surface area contributed by atoms with Crippen molar-refractivity contribution in [2.75, 3.05) is 13.1 Å². The number of para-hydroxylation sites is 1. The van der Waals surface area contributed by atoms with E-state index < -0.39 is 6.10 Å². The third-order valence-electron chi connectivity index (χ3n) is 15.5. The van der Waals surface area contributed by atoms with Gasteiger partial charge in [0.25, 0.3) is 0 Å². The molecule has 4 N–H and O–H groups in total. The summed E-state index contributed by atoms with van der Waals surface area (Å²) in [6.07, 6.45) is 10.4. The summed E-state index contributed by atoms with van der Waals surface area (Å²) in [4.78, 5) is 13.4. The van der Waals surface area contributed by atoms with Gasteiger partial charge in [-0.15, -0.1) is 0 Å². The highest BCUT2D eigenvalue weighted by Crippen LogP contribution is 2.68. The molecular weight excluding hydrogens is 620 g/mol. The predicted molar refractivity (Wildman–Crippen MR) is 202 cm³/mol. The summed E-state index contributed by atoms with van der Waals surface area (Å²) in [5, 5.41) is 37.4. The SMILES string of the molecule is C=Cc1ccc(C[N+]2(c3ccccc3)CCC(NC(=O)CC[C@@H](C)[C@H]3CC[C@H]4[C@@H]5[C@H](O)C[C@@H]6C[C@H](O)CC[C@]6(C)[C@H]5C[C@H](O)[C@]34C)CC2)cc1. The van der Waals surface area contributed by atoms with Crippen LogP contribution in [0.2, 0.25) is 0 Å². The van der Waals surface area contributed by atoms with E-state index in [0.29, 0.717) is 36.0 Å². The number of quaternary nitrogens is 1. The molecular formula is C44H63N2O4+. The molecule has 6 heteroatoms. The number of carbonyl (C=O) groups excluding carboxylic acids is 1. The Morgan fingerprint density at radius 2 is 1.66 bits per heavy atom. The molecule has 7 rings (SSSR count). The normalized spacial score (nSPS) is 41.7. The van der Waals surface area contributed by atoms with Crippen LogP contribution in [0.5, 0.6) is 0 Å². The van der Waals surface area contributed by atoms with Crippen molar-refractivity contribution in [3.63, 3.8) is 0 Å². The van der Waals surface area contributed by atoms with E-state index in [9.17, 15) is 20.1 Å². The lowest BCUT2D eigenvalue weighted by Gasteiger charge is -2.63. The number of benzene rings is 2. The van der Waals surface area contributed by atoms with Crippen LogP contribution in [0.4, 0.5) is 5.69 Å². The zero-order valence-electron chi connectivity index (χ0n) is 30.9. The first-order valence-electron chi connectivity index (χ1n) is 19.9. The highest BCUT2D eigenvalue weighted by molar-refractivity contribution is 5.76. The average Bonchev–Trinajstić information content (AvgIpc) is 3.48. The average molecular weight is 684 g/mol. The smallest absolute Gasteiger partial charge is 0.220 e. The Morgan fingerprint density at radius 1 is 0.940 bits per heavy atom. The number of nitrogens with one attached hydrogen (secondary N) is 1. The molecule has 6 nitrogen and oxygen atoms in total. The predicted octanol–water partition coefficient (Wildman–Crippen LogP) is 7.49. The molecule has 2 aromatic rings. The third kappa shape index (κ3) is 6.41. The lowest BCUT2D eigenvalue weighted by atomic mass is 9.43. The number of rotatable bonds is 9. The van der Waals surface area contributed by atoms with Gasteiger partial charge in [0.1, 0.15) is 12.2 Å². The lowest BCUT2D eigenvalue weighted by Crippen LogP contribution is -2.62. The van der Waals surface area contributed by atoms with Crippen molar-refractivity contribution in [2.24, 2.45) is 46.3 Å². The van der Waals surface area contributed by atoms with Crippen molar-refractivity contribution in [1.29, 1.82) is 0 Å². The summed E-state index contributed by atoms with van der Waals surface area (Å²) in [6, 6.07) is 19.8. The van der Waals surface area contributed by atoms with Gasteiger partial charge in [0.2, 0.25) is 5.91 Å². The topological polar surface area (TPSA) is 89.8 Å². The number of carbonyl (C=O) groups is 1. The van der Waals surface area contributed by atoms with Crippen LogP contribution < -0.4 is 9.80 Å². The second kappa shape index (κ2) is 14.1. The summed E-state index contributed by atoms with van der Waals surface area (Å²) in [5.41, 5.74) is 3.65. The molecule has 0 spiro atoms. The van der Waals surface area contributed by atoms with Gasteiger partial charge >= 0.3 is 0 Å². The van der Waals surface area contributed by atoms with Crippen LogP contribution in [-0.4, -0.2) is 58.7 Å². The summed E-state index contributed by atoms with van der Waals surface area (Å²) in [6.45, 7) is 13.8. The van der Waals surface area contributed by atoms with Crippen LogP contribution in [0.1, 0.15) is 103 Å². The molecule has 0 aromatic heterocycles. The summed E-state index contributed by atoms with van der Waals surface area (Å²) >= 11 is 0. The van der Waals surface area contributed by atoms with Gasteiger partial charge in [-0.25, -0.2) is 0 Å². The van der Waals surface area contributed by atoms with E-state index >= 15 is 0 Å². The molecule has 0 bridgehead atoms. The molecule has 50 heavy (non-hydrogen) atoms. The zero-order valence-corrected chi connectivity index (χ0v) is 30.9. The monoisotopic (exact) mass is 683 g/mol. The Balaban J connectivity index is 0.953. The molecule has 272 valence electrons. The molecule has 5 aliphatic rings. The molecule has 1 heterocycles. The number of fused-ring (bicyclic) bond motifs is 5. The first-order valence-corrected chi connectivity index (χ1v) is 19.9. The van der Waals surface area contributed by atoms with Crippen molar-refractivity contribution in [3.8, 4) is 0 Å². The molecule has 5 fully saturated rings. The van der Waals surface area contributed by atoms with Crippen molar-refractivity contribution >= 4 is 17.7 Å². The van der Waals surface area contributed by atoms with E-state index in [4.69, 9.17) is 0 Å². The number of hydrogen-bond donors (Lipinski definition) is 4. The molecule has 1 aliphatic heterocycles. The third-order valence-corrected chi connectivity index (χ3v) is 15.5. The van der Waals surface area contributed by atoms with E-state index in [1.807, 2.05) is 6.08 Å². The van der Waals surface area contributed by atoms with Crippen molar-refractivity contribution in [2.45, 2.75) is 122 Å². The molecule has 11 atom stereocenters. The number of amides is 1. The fraction of sp³-hybridized carbons (Fsp3) is 0.659. The number of aliphatic hydroxyl groups excluding tert-OH is 3. The minimum Gasteiger partial charge on any atom is -0.393 e. The first-order chi connectivity index (χ1) is 24.0. The zero-order chi connectivity index (χ0) is 35.3. The standard InChI is InChI=1S/C44H62N2O4/c1-5-30-12-14-31(15-13-30)28-46(34-9-7-6-8-10-34)23-20-33(21-24-46)45-41(50)18-11-29(2)36-16-17-37-42-38(27-40(49)44(36,37)4)43(3)22-19-35(47)25-32(43)26-39(42)48/h5-10,12-15,29,32-33,35-40,42,47-49H,1,11,16-28H2,2-4H3/p+1/t29-,32+,33?,35-,36-,37+,38+,39-,40+,42+,43+,44-,46?/m1/s1. The first kappa shape index (κ1) is 35.9. The summed E-state index contributed by atoms with van der Waals surface area (Å²) < 4.78 is 0.903. The number of piperidine rings is 1. The second-order valence-electron chi connectivity index (χ2n) is 17.9. The van der Waals surface area contributed by atoms with E-state index in [1.54, 1.807) is 0 Å². The fourth-order valence-corrected chi connectivity index (χ4v) is 12.6. The van der Waals surface area contributed by atoms with Crippen molar-refractivity contribution < 1.29 is 20.1 Å². The van der Waals surface area contributed by atoms with Gasteiger partial charge in [-0.1, -0.05) is 75.9 Å². The molecule has 1 amide bonds. The van der Waals surface area contributed by atoms with Crippen LogP contribution in [-0.2, 0) is 11.3 Å². The van der Waals surface area contributed by atoms with Crippen LogP contribution >= 0.6 is 0 Å². The maximum atomic E-state index is 13.4. The lowest BCUT2D eigenvalue weighted by molar-refractivity contribution is -0.207. The summed E-state index contributed by atoms with van der Waals surface area (Å²) in [7, 11) is 0. The minimum atomic E-state index is -0.391. The molecule has 0 radical (unpaired) electrons. The Kier molecular flexibility index (Phi) is 10.1. The highest BCUT2D eigenvalue weighted by atomic mass is 16.3. The molecule has 2 aromatic carbocycles. The van der Waals surface area contributed by atoms with E-state index in [2.05, 4.69) is 87.3 Å². The van der Waals surface area contributed by atoms with Gasteiger partial charge in [-0.05, 0) is 115 Å². The van der Waals surface area contributed by atoms with Gasteiger partial charge in [0.05, 0.1) is 31.4 Å². The quantitative estimate of drug-likeness (QED) is 0.206. The van der Waals surface area contributed by atoms with E-state index in [1.165, 1.54) is 11.3 Å². The Morgan fingerprint density at radius 3 is 2.36 bits per heavy atom. The van der Waals surface area contributed by atoms with Crippen LogP contribution in [0.15, 0.2) is 61.2 Å². The van der Waals surface area contributed by atoms with E-state index in [0.717, 1.165) is 93.9 Å². The Hall–Kier alpha value is -2.51. The van der Waals surface area contributed by atoms with Gasteiger partial charge in [0, 0.05) is 30.9 Å². The fourth-order valence-electron chi connectivity index (χ4n) is 12.6. The Labute approximate surface area is 301 Å². The highest BCUT2D eigenvalue weighted by Gasteiger charge is 2.65. The van der Waals surface area contributed by atoms with Crippen molar-refractivity contribution in [1.82, 2.24) is 9.80 Å². The van der Waals surface area contributed by atoms with Gasteiger partial charge < -0.3 is 20.6 Å².